The van der Waals surface area contributed by atoms with Crippen LogP contribution in [0.15, 0.2) is 29.3 Å². The van der Waals surface area contributed by atoms with E-state index in [2.05, 4.69) is 4.99 Å². The smallest absolute Gasteiger partial charge is 0.181 e. The van der Waals surface area contributed by atoms with Crippen molar-refractivity contribution in [2.75, 3.05) is 6.26 Å². The highest BCUT2D eigenvalue weighted by Crippen LogP contribution is 2.18. The molecule has 0 heterocycles. The average Bonchev–Trinajstić information content (AvgIpc) is 2.39. The molecule has 1 aromatic rings. The van der Waals surface area contributed by atoms with E-state index in [1.807, 2.05) is 18.2 Å². The van der Waals surface area contributed by atoms with Crippen molar-refractivity contribution in [2.24, 2.45) is 10.9 Å². The van der Waals surface area contributed by atoms with E-state index in [4.69, 9.17) is 15.8 Å². The molecule has 0 saturated carbocycles. The molecular formula is C12H8N4S. The second-order valence-electron chi connectivity index (χ2n) is 3.00. The van der Waals surface area contributed by atoms with Crippen molar-refractivity contribution in [1.29, 1.82) is 15.8 Å². The molecule has 1 rings (SSSR count). The van der Waals surface area contributed by atoms with E-state index in [1.54, 1.807) is 30.5 Å². The van der Waals surface area contributed by atoms with E-state index in [0.29, 0.717) is 16.3 Å². The Hall–Kier alpha value is -2.29. The van der Waals surface area contributed by atoms with Crippen LogP contribution in [0, 0.1) is 39.9 Å². The van der Waals surface area contributed by atoms with Crippen molar-refractivity contribution in [3.63, 3.8) is 0 Å². The standard InChI is InChI=1S/C12H8N4S/c1-17-12(10(7-14)8-15)16-11-4-2-9(6-13)3-5-11/h2-5,10H,1H3. The molecule has 0 amide bonds. The van der Waals surface area contributed by atoms with Gasteiger partial charge in [0.25, 0.3) is 0 Å². The number of aliphatic imine (C=N–C) groups is 1. The van der Waals surface area contributed by atoms with Gasteiger partial charge >= 0.3 is 0 Å². The number of thioether (sulfide) groups is 1. The van der Waals surface area contributed by atoms with Gasteiger partial charge in [0, 0.05) is 0 Å². The van der Waals surface area contributed by atoms with Gasteiger partial charge in [-0.25, -0.2) is 4.99 Å². The van der Waals surface area contributed by atoms with E-state index in [1.165, 1.54) is 11.8 Å². The minimum absolute atomic E-state index is 0.458. The van der Waals surface area contributed by atoms with Crippen molar-refractivity contribution >= 4 is 22.5 Å². The fraction of sp³-hybridized carbons (Fsp3) is 0.167. The molecule has 4 nitrogen and oxygen atoms in total. The maximum atomic E-state index is 8.78. The third kappa shape index (κ3) is 3.34. The number of hydrogen-bond acceptors (Lipinski definition) is 5. The largest absolute Gasteiger partial charge is 0.244 e. The zero-order chi connectivity index (χ0) is 12.7. The molecule has 0 atom stereocenters. The third-order valence-electron chi connectivity index (χ3n) is 1.95. The summed E-state index contributed by atoms with van der Waals surface area (Å²) in [4.78, 5) is 4.22. The molecule has 0 unspecified atom stereocenters. The number of hydrogen-bond donors (Lipinski definition) is 0. The Kier molecular flexibility index (Phi) is 4.76. The Bertz CT molecular complexity index is 526. The predicted octanol–water partition coefficient (Wildman–Crippen LogP) is 2.61. The van der Waals surface area contributed by atoms with Crippen molar-refractivity contribution in [3.05, 3.63) is 29.8 Å². The van der Waals surface area contributed by atoms with Gasteiger partial charge in [-0.3, -0.25) is 0 Å². The van der Waals surface area contributed by atoms with Gasteiger partial charge in [0.15, 0.2) is 5.92 Å². The molecule has 0 N–H and O–H groups in total. The summed E-state index contributed by atoms with van der Waals surface area (Å²) in [5.74, 6) is -0.847. The van der Waals surface area contributed by atoms with E-state index in [9.17, 15) is 0 Å². The molecule has 0 fully saturated rings. The summed E-state index contributed by atoms with van der Waals surface area (Å²) in [5.41, 5.74) is 1.18. The van der Waals surface area contributed by atoms with E-state index in [-0.39, 0.29) is 0 Å². The summed E-state index contributed by atoms with van der Waals surface area (Å²) in [7, 11) is 0. The van der Waals surface area contributed by atoms with Gasteiger partial charge in [0.05, 0.1) is 29.5 Å². The highest BCUT2D eigenvalue weighted by atomic mass is 32.2. The van der Waals surface area contributed by atoms with Gasteiger partial charge in [0.2, 0.25) is 0 Å². The lowest BCUT2D eigenvalue weighted by Gasteiger charge is -2.02. The minimum Gasteiger partial charge on any atom is -0.244 e. The maximum Gasteiger partial charge on any atom is 0.181 e. The van der Waals surface area contributed by atoms with Crippen molar-refractivity contribution in [3.8, 4) is 18.2 Å². The van der Waals surface area contributed by atoms with Crippen molar-refractivity contribution < 1.29 is 0 Å². The van der Waals surface area contributed by atoms with E-state index >= 15 is 0 Å². The lowest BCUT2D eigenvalue weighted by molar-refractivity contribution is 1.17. The SMILES string of the molecule is CSC(=Nc1ccc(C#N)cc1)C(C#N)C#N. The molecule has 1 aromatic carbocycles. The van der Waals surface area contributed by atoms with Crippen LogP contribution in [0.3, 0.4) is 0 Å². The first-order valence-electron chi connectivity index (χ1n) is 4.67. The summed E-state index contributed by atoms with van der Waals surface area (Å²) in [6.45, 7) is 0. The van der Waals surface area contributed by atoms with Crippen LogP contribution in [-0.4, -0.2) is 11.3 Å². The topological polar surface area (TPSA) is 83.7 Å². The summed E-state index contributed by atoms with van der Waals surface area (Å²) >= 11 is 1.27. The van der Waals surface area contributed by atoms with Gasteiger partial charge in [-0.2, -0.15) is 15.8 Å². The second kappa shape index (κ2) is 6.33. The first-order valence-corrected chi connectivity index (χ1v) is 5.89. The number of benzene rings is 1. The molecular weight excluding hydrogens is 232 g/mol. The van der Waals surface area contributed by atoms with Gasteiger partial charge in [-0.05, 0) is 30.5 Å². The Balaban J connectivity index is 3.04. The molecule has 0 aliphatic rings. The number of nitriles is 3. The van der Waals surface area contributed by atoms with Gasteiger partial charge in [-0.15, -0.1) is 11.8 Å². The quantitative estimate of drug-likeness (QED) is 0.587. The van der Waals surface area contributed by atoms with Crippen molar-refractivity contribution in [2.45, 2.75) is 0 Å². The first-order chi connectivity index (χ1) is 8.24. The lowest BCUT2D eigenvalue weighted by atomic mass is 10.2. The molecule has 82 valence electrons. The summed E-state index contributed by atoms with van der Waals surface area (Å²) in [5, 5.41) is 26.7. The number of nitrogens with zero attached hydrogens (tertiary/aromatic N) is 4. The average molecular weight is 240 g/mol. The number of rotatable bonds is 2. The van der Waals surface area contributed by atoms with Crippen LogP contribution < -0.4 is 0 Å². The molecule has 0 aliphatic heterocycles. The molecule has 0 radical (unpaired) electrons. The van der Waals surface area contributed by atoms with Gasteiger partial charge in [-0.1, -0.05) is 0 Å². The minimum atomic E-state index is -0.847. The first kappa shape index (κ1) is 12.8. The Morgan fingerprint density at radius 1 is 1.18 bits per heavy atom. The van der Waals surface area contributed by atoms with Crippen LogP contribution >= 0.6 is 11.8 Å². The normalized spacial score (nSPS) is 10.4. The summed E-state index contributed by atoms with van der Waals surface area (Å²) < 4.78 is 0. The zero-order valence-electron chi connectivity index (χ0n) is 9.08. The maximum absolute atomic E-state index is 8.78. The third-order valence-corrected chi connectivity index (χ3v) is 2.70. The lowest BCUT2D eigenvalue weighted by Crippen LogP contribution is -2.05. The van der Waals surface area contributed by atoms with Crippen LogP contribution in [0.1, 0.15) is 5.56 Å². The summed E-state index contributed by atoms with van der Waals surface area (Å²) in [6, 6.07) is 12.4. The monoisotopic (exact) mass is 240 g/mol. The fourth-order valence-corrected chi connectivity index (χ4v) is 1.64. The van der Waals surface area contributed by atoms with Crippen LogP contribution in [0.2, 0.25) is 0 Å². The Morgan fingerprint density at radius 2 is 1.76 bits per heavy atom. The molecule has 5 heteroatoms. The molecule has 0 spiro atoms. The predicted molar refractivity (Wildman–Crippen MR) is 66.5 cm³/mol. The molecule has 0 aliphatic carbocycles. The highest BCUT2D eigenvalue weighted by molar-refractivity contribution is 8.13. The van der Waals surface area contributed by atoms with E-state index in [0.717, 1.165) is 0 Å². The molecule has 0 bridgehead atoms. The zero-order valence-corrected chi connectivity index (χ0v) is 9.90. The van der Waals surface area contributed by atoms with Crippen LogP contribution in [0.4, 0.5) is 5.69 Å². The fourth-order valence-electron chi connectivity index (χ4n) is 1.11. The second-order valence-corrected chi connectivity index (χ2v) is 3.83. The highest BCUT2D eigenvalue weighted by Gasteiger charge is 2.13. The van der Waals surface area contributed by atoms with Gasteiger partial charge < -0.3 is 0 Å². The molecule has 17 heavy (non-hydrogen) atoms. The van der Waals surface area contributed by atoms with E-state index < -0.39 is 5.92 Å². The van der Waals surface area contributed by atoms with Gasteiger partial charge in [0.1, 0.15) is 5.04 Å². The van der Waals surface area contributed by atoms with Crippen LogP contribution in [-0.2, 0) is 0 Å². The Morgan fingerprint density at radius 3 is 2.18 bits per heavy atom. The van der Waals surface area contributed by atoms with Crippen molar-refractivity contribution in [1.82, 2.24) is 0 Å². The molecule has 0 saturated heterocycles. The summed E-state index contributed by atoms with van der Waals surface area (Å²) in [6.07, 6.45) is 1.77. The molecule has 0 aromatic heterocycles. The van der Waals surface area contributed by atoms with Crippen LogP contribution in [0.25, 0.3) is 0 Å². The Labute approximate surface area is 104 Å². The van der Waals surface area contributed by atoms with Crippen LogP contribution in [0.5, 0.6) is 0 Å².